The SMILES string of the molecule is CCCCCCCCc1cccc(OP(O)S)c1CCCCCCCC. The van der Waals surface area contributed by atoms with E-state index in [4.69, 9.17) is 4.52 Å². The molecule has 0 aromatic heterocycles. The standard InChI is InChI=1S/C22H39O2PS/c1-3-5-7-9-11-13-16-20-17-15-19-22(24-25(23)26)21(20)18-14-12-10-8-6-4-2/h15,17,19,23,26H,3-14,16,18H2,1-2H3. The van der Waals surface area contributed by atoms with Crippen LogP contribution in [-0.2, 0) is 12.8 Å². The van der Waals surface area contributed by atoms with Gasteiger partial charge in [-0.1, -0.05) is 102 Å². The van der Waals surface area contributed by atoms with Crippen LogP contribution in [0, 0.1) is 0 Å². The number of hydrogen-bond donors (Lipinski definition) is 2. The van der Waals surface area contributed by atoms with Crippen molar-refractivity contribution in [2.45, 2.75) is 104 Å². The van der Waals surface area contributed by atoms with E-state index in [0.717, 1.165) is 18.6 Å². The van der Waals surface area contributed by atoms with Crippen molar-refractivity contribution in [2.75, 3.05) is 0 Å². The Morgan fingerprint density at radius 2 is 1.35 bits per heavy atom. The van der Waals surface area contributed by atoms with Crippen molar-refractivity contribution in [1.29, 1.82) is 0 Å². The van der Waals surface area contributed by atoms with E-state index >= 15 is 0 Å². The zero-order chi connectivity index (χ0) is 19.0. The second-order valence-corrected chi connectivity index (χ2v) is 8.99. The van der Waals surface area contributed by atoms with Crippen LogP contribution < -0.4 is 4.52 Å². The molecule has 0 aliphatic rings. The van der Waals surface area contributed by atoms with E-state index in [1.54, 1.807) is 0 Å². The van der Waals surface area contributed by atoms with E-state index in [-0.39, 0.29) is 0 Å². The van der Waals surface area contributed by atoms with Gasteiger partial charge in [-0.2, -0.15) is 0 Å². The molecule has 4 heteroatoms. The quantitative estimate of drug-likeness (QED) is 0.168. The zero-order valence-corrected chi connectivity index (χ0v) is 18.7. The third kappa shape index (κ3) is 10.8. The molecule has 1 aromatic carbocycles. The summed E-state index contributed by atoms with van der Waals surface area (Å²) in [6.45, 7) is 4.52. The highest BCUT2D eigenvalue weighted by molar-refractivity contribution is 8.41. The first-order valence-electron chi connectivity index (χ1n) is 10.7. The molecule has 0 aliphatic carbocycles. The highest BCUT2D eigenvalue weighted by Gasteiger charge is 2.12. The number of benzene rings is 1. The van der Waals surface area contributed by atoms with Crippen LogP contribution in [0.3, 0.4) is 0 Å². The van der Waals surface area contributed by atoms with Crippen LogP contribution >= 0.6 is 19.8 Å². The van der Waals surface area contributed by atoms with Gasteiger partial charge in [0.05, 0.1) is 0 Å². The molecular weight excluding hydrogens is 359 g/mol. The molecule has 0 heterocycles. The molecule has 26 heavy (non-hydrogen) atoms. The molecule has 150 valence electrons. The Morgan fingerprint density at radius 1 is 0.808 bits per heavy atom. The van der Waals surface area contributed by atoms with Crippen LogP contribution in [0.1, 0.15) is 102 Å². The van der Waals surface area contributed by atoms with Crippen LogP contribution in [-0.4, -0.2) is 4.89 Å². The Balaban J connectivity index is 2.57. The summed E-state index contributed by atoms with van der Waals surface area (Å²) in [6.07, 6.45) is 17.8. The summed E-state index contributed by atoms with van der Waals surface area (Å²) >= 11 is 4.06. The molecule has 0 fully saturated rings. The van der Waals surface area contributed by atoms with Gasteiger partial charge in [0.2, 0.25) is 0 Å². The van der Waals surface area contributed by atoms with E-state index < -0.39 is 7.58 Å². The first kappa shape index (κ1) is 23.8. The minimum absolute atomic E-state index is 0.839. The van der Waals surface area contributed by atoms with Gasteiger partial charge in [0.15, 0.2) is 0 Å². The van der Waals surface area contributed by atoms with Gasteiger partial charge in [0.1, 0.15) is 5.75 Å². The van der Waals surface area contributed by atoms with Crippen molar-refractivity contribution in [2.24, 2.45) is 0 Å². The molecule has 0 saturated heterocycles. The fourth-order valence-electron chi connectivity index (χ4n) is 3.48. The fourth-order valence-corrected chi connectivity index (χ4v) is 4.09. The van der Waals surface area contributed by atoms with Gasteiger partial charge < -0.3 is 9.42 Å². The van der Waals surface area contributed by atoms with Gasteiger partial charge >= 0.3 is 0 Å². The minimum atomic E-state index is -1.66. The Morgan fingerprint density at radius 3 is 1.92 bits per heavy atom. The van der Waals surface area contributed by atoms with Crippen molar-refractivity contribution < 1.29 is 9.42 Å². The van der Waals surface area contributed by atoms with E-state index in [0.29, 0.717) is 0 Å². The Labute approximate surface area is 168 Å². The topological polar surface area (TPSA) is 29.5 Å². The number of aryl methyl sites for hydroxylation is 1. The summed E-state index contributed by atoms with van der Waals surface area (Å²) in [4.78, 5) is 9.59. The maximum absolute atomic E-state index is 9.59. The minimum Gasteiger partial charge on any atom is -0.440 e. The summed E-state index contributed by atoms with van der Waals surface area (Å²) in [5.41, 5.74) is 2.70. The largest absolute Gasteiger partial charge is 0.440 e. The molecule has 0 spiro atoms. The average molecular weight is 399 g/mol. The highest BCUT2D eigenvalue weighted by atomic mass is 32.7. The molecule has 1 aromatic rings. The molecule has 1 unspecified atom stereocenters. The second kappa shape index (κ2) is 15.8. The van der Waals surface area contributed by atoms with Crippen LogP contribution in [0.4, 0.5) is 0 Å². The highest BCUT2D eigenvalue weighted by Crippen LogP contribution is 2.40. The smallest absolute Gasteiger partial charge is 0.292 e. The van der Waals surface area contributed by atoms with E-state index in [1.807, 2.05) is 6.07 Å². The number of rotatable bonds is 16. The lowest BCUT2D eigenvalue weighted by molar-refractivity contribution is 0.501. The monoisotopic (exact) mass is 398 g/mol. The average Bonchev–Trinajstić information content (AvgIpc) is 2.62. The normalized spacial score (nSPS) is 12.3. The fraction of sp³-hybridized carbons (Fsp3) is 0.727. The molecule has 0 aliphatic heterocycles. The van der Waals surface area contributed by atoms with Crippen molar-refractivity contribution in [3.63, 3.8) is 0 Å². The van der Waals surface area contributed by atoms with Crippen molar-refractivity contribution in [1.82, 2.24) is 0 Å². The lowest BCUT2D eigenvalue weighted by Crippen LogP contribution is -1.99. The van der Waals surface area contributed by atoms with Gasteiger partial charge in [0.25, 0.3) is 7.58 Å². The summed E-state index contributed by atoms with van der Waals surface area (Å²) < 4.78 is 5.63. The molecule has 1 rings (SSSR count). The van der Waals surface area contributed by atoms with Crippen molar-refractivity contribution >= 4 is 19.8 Å². The Hall–Kier alpha value is -0.240. The lowest BCUT2D eigenvalue weighted by Gasteiger charge is -2.16. The predicted octanol–water partition coefficient (Wildman–Crippen LogP) is 8.02. The van der Waals surface area contributed by atoms with Gasteiger partial charge in [-0.25, -0.2) is 0 Å². The molecule has 1 atom stereocenters. The first-order chi connectivity index (χ1) is 12.7. The summed E-state index contributed by atoms with van der Waals surface area (Å²) in [6, 6.07) is 6.28. The Kier molecular flexibility index (Phi) is 14.4. The van der Waals surface area contributed by atoms with E-state index in [1.165, 1.54) is 88.2 Å². The summed E-state index contributed by atoms with van der Waals surface area (Å²) in [5, 5.41) is 0. The number of unbranched alkanes of at least 4 members (excludes halogenated alkanes) is 10. The van der Waals surface area contributed by atoms with E-state index in [9.17, 15) is 4.89 Å². The first-order valence-corrected chi connectivity index (χ1v) is 13.0. The lowest BCUT2D eigenvalue weighted by atomic mass is 9.95. The van der Waals surface area contributed by atoms with Crippen molar-refractivity contribution in [3.05, 3.63) is 29.3 Å². The third-order valence-corrected chi connectivity index (χ3v) is 5.59. The number of hydrogen-bond acceptors (Lipinski definition) is 3. The van der Waals surface area contributed by atoms with Gasteiger partial charge in [-0.3, -0.25) is 0 Å². The molecule has 0 radical (unpaired) electrons. The van der Waals surface area contributed by atoms with Gasteiger partial charge in [-0.05, 0) is 42.9 Å². The zero-order valence-electron chi connectivity index (χ0n) is 16.9. The number of thiol groups is 1. The van der Waals surface area contributed by atoms with Crippen molar-refractivity contribution in [3.8, 4) is 5.75 Å². The van der Waals surface area contributed by atoms with Crippen LogP contribution in [0.25, 0.3) is 0 Å². The summed E-state index contributed by atoms with van der Waals surface area (Å²) in [5.74, 6) is 0.839. The molecule has 0 bridgehead atoms. The van der Waals surface area contributed by atoms with Gasteiger partial charge in [0, 0.05) is 0 Å². The molecule has 1 N–H and O–H groups in total. The Bertz CT molecular complexity index is 465. The molecule has 2 nitrogen and oxygen atoms in total. The molecule has 0 saturated carbocycles. The predicted molar refractivity (Wildman–Crippen MR) is 119 cm³/mol. The second-order valence-electron chi connectivity index (χ2n) is 7.27. The summed E-state index contributed by atoms with van der Waals surface area (Å²) in [7, 11) is -1.66. The van der Waals surface area contributed by atoms with Gasteiger partial charge in [-0.15, -0.1) is 0 Å². The maximum Gasteiger partial charge on any atom is 0.292 e. The van der Waals surface area contributed by atoms with Crippen LogP contribution in [0.2, 0.25) is 0 Å². The van der Waals surface area contributed by atoms with Crippen LogP contribution in [0.5, 0.6) is 5.75 Å². The molecule has 0 amide bonds. The maximum atomic E-state index is 9.59. The van der Waals surface area contributed by atoms with Crippen LogP contribution in [0.15, 0.2) is 18.2 Å². The van der Waals surface area contributed by atoms with E-state index in [2.05, 4.69) is 38.2 Å². The third-order valence-electron chi connectivity index (χ3n) is 4.99. The molecular formula is C22H39O2PS.